The number of carbonyl (C=O) groups excluding carboxylic acids is 1. The van der Waals surface area contributed by atoms with Gasteiger partial charge in [-0.1, -0.05) is 19.3 Å². The zero-order chi connectivity index (χ0) is 23.3. The molecule has 1 aromatic carbocycles. The SMILES string of the molecule is O=C(NC1CCCCC1)N(CCCN1CCOCC1)Cc1cc2cc3c(cc2[nH]c1=O)OCO3. The van der Waals surface area contributed by atoms with E-state index in [2.05, 4.69) is 15.2 Å². The van der Waals surface area contributed by atoms with Crippen molar-refractivity contribution in [2.45, 2.75) is 51.1 Å². The first-order valence-corrected chi connectivity index (χ1v) is 12.5. The summed E-state index contributed by atoms with van der Waals surface area (Å²) in [7, 11) is 0. The molecule has 0 atom stereocenters. The predicted molar refractivity (Wildman–Crippen MR) is 128 cm³/mol. The van der Waals surface area contributed by atoms with Crippen molar-refractivity contribution in [3.05, 3.63) is 34.1 Å². The number of carbonyl (C=O) groups is 1. The Balaban J connectivity index is 1.31. The predicted octanol–water partition coefficient (Wildman–Crippen LogP) is 2.82. The number of nitrogens with zero attached hydrogens (tertiary/aromatic N) is 2. The number of H-pyrrole nitrogens is 1. The van der Waals surface area contributed by atoms with E-state index in [4.69, 9.17) is 14.2 Å². The maximum absolute atomic E-state index is 13.3. The highest BCUT2D eigenvalue weighted by molar-refractivity contribution is 5.83. The van der Waals surface area contributed by atoms with Crippen LogP contribution in [-0.2, 0) is 11.3 Å². The number of nitrogens with one attached hydrogen (secondary N) is 2. The number of aromatic nitrogens is 1. The van der Waals surface area contributed by atoms with Gasteiger partial charge in [0.1, 0.15) is 0 Å². The van der Waals surface area contributed by atoms with E-state index in [1.54, 1.807) is 11.0 Å². The molecule has 0 spiro atoms. The van der Waals surface area contributed by atoms with Crippen molar-refractivity contribution >= 4 is 16.9 Å². The van der Waals surface area contributed by atoms with Crippen molar-refractivity contribution in [3.63, 3.8) is 0 Å². The molecule has 34 heavy (non-hydrogen) atoms. The number of urea groups is 1. The second kappa shape index (κ2) is 10.7. The normalized spacial score (nSPS) is 18.8. The number of hydrogen-bond donors (Lipinski definition) is 2. The molecular weight excluding hydrogens is 436 g/mol. The van der Waals surface area contributed by atoms with E-state index in [0.29, 0.717) is 29.1 Å². The van der Waals surface area contributed by atoms with Gasteiger partial charge in [0.15, 0.2) is 11.5 Å². The molecular formula is C25H34N4O5. The van der Waals surface area contributed by atoms with Crippen LogP contribution in [0.25, 0.3) is 10.9 Å². The molecule has 2 fully saturated rings. The largest absolute Gasteiger partial charge is 0.454 e. The molecule has 2 aromatic rings. The van der Waals surface area contributed by atoms with Gasteiger partial charge in [-0.3, -0.25) is 9.69 Å². The van der Waals surface area contributed by atoms with Gasteiger partial charge in [-0.25, -0.2) is 4.79 Å². The lowest BCUT2D eigenvalue weighted by molar-refractivity contribution is 0.0364. The minimum absolute atomic E-state index is 0.0842. The summed E-state index contributed by atoms with van der Waals surface area (Å²) < 4.78 is 16.3. The van der Waals surface area contributed by atoms with Crippen LogP contribution in [0.1, 0.15) is 44.1 Å². The third-order valence-corrected chi connectivity index (χ3v) is 7.00. The molecule has 9 heteroatoms. The summed E-state index contributed by atoms with van der Waals surface area (Å²) in [5.74, 6) is 1.30. The summed E-state index contributed by atoms with van der Waals surface area (Å²) >= 11 is 0. The number of fused-ring (bicyclic) bond motifs is 2. The first-order valence-electron chi connectivity index (χ1n) is 12.5. The van der Waals surface area contributed by atoms with E-state index in [1.165, 1.54) is 6.42 Å². The fourth-order valence-corrected chi connectivity index (χ4v) is 5.04. The molecule has 0 radical (unpaired) electrons. The topological polar surface area (TPSA) is 96.1 Å². The van der Waals surface area contributed by atoms with Crippen LogP contribution in [-0.4, -0.2) is 73.0 Å². The molecule has 3 aliphatic rings. The van der Waals surface area contributed by atoms with E-state index in [-0.39, 0.29) is 31.0 Å². The molecule has 184 valence electrons. The molecule has 2 aliphatic heterocycles. The Hall–Kier alpha value is -2.78. The Morgan fingerprint density at radius 3 is 2.65 bits per heavy atom. The van der Waals surface area contributed by atoms with Crippen molar-refractivity contribution in [1.82, 2.24) is 20.1 Å². The van der Waals surface area contributed by atoms with E-state index in [9.17, 15) is 9.59 Å². The lowest BCUT2D eigenvalue weighted by atomic mass is 9.96. The zero-order valence-electron chi connectivity index (χ0n) is 19.6. The Morgan fingerprint density at radius 2 is 1.85 bits per heavy atom. The lowest BCUT2D eigenvalue weighted by Crippen LogP contribution is -2.46. The van der Waals surface area contributed by atoms with Crippen LogP contribution >= 0.6 is 0 Å². The first-order chi connectivity index (χ1) is 16.7. The molecule has 1 aliphatic carbocycles. The van der Waals surface area contributed by atoms with Gasteiger partial charge in [-0.05, 0) is 31.4 Å². The molecule has 0 unspecified atom stereocenters. The van der Waals surface area contributed by atoms with Gasteiger partial charge in [0.2, 0.25) is 6.79 Å². The Morgan fingerprint density at radius 1 is 1.09 bits per heavy atom. The minimum atomic E-state index is -0.185. The summed E-state index contributed by atoms with van der Waals surface area (Å²) in [4.78, 5) is 33.3. The average Bonchev–Trinajstić information content (AvgIpc) is 3.31. The Kier molecular flexibility index (Phi) is 7.20. The minimum Gasteiger partial charge on any atom is -0.454 e. The number of morpholine rings is 1. The van der Waals surface area contributed by atoms with E-state index in [0.717, 1.165) is 70.3 Å². The second-order valence-electron chi connectivity index (χ2n) is 9.43. The molecule has 2 N–H and O–H groups in total. The molecule has 1 saturated carbocycles. The van der Waals surface area contributed by atoms with Crippen LogP contribution in [0.15, 0.2) is 23.0 Å². The molecule has 1 saturated heterocycles. The highest BCUT2D eigenvalue weighted by Crippen LogP contribution is 2.35. The summed E-state index contributed by atoms with van der Waals surface area (Å²) in [6, 6.07) is 5.66. The maximum Gasteiger partial charge on any atom is 0.317 e. The summed E-state index contributed by atoms with van der Waals surface area (Å²) in [6.45, 7) is 5.32. The van der Waals surface area contributed by atoms with Gasteiger partial charge in [-0.15, -0.1) is 0 Å². The highest BCUT2D eigenvalue weighted by atomic mass is 16.7. The fourth-order valence-electron chi connectivity index (χ4n) is 5.04. The summed E-state index contributed by atoms with van der Waals surface area (Å²) in [5, 5.41) is 4.08. The van der Waals surface area contributed by atoms with Gasteiger partial charge >= 0.3 is 6.03 Å². The lowest BCUT2D eigenvalue weighted by Gasteiger charge is -2.30. The van der Waals surface area contributed by atoms with Crippen molar-refractivity contribution in [1.29, 1.82) is 0 Å². The van der Waals surface area contributed by atoms with Crippen molar-refractivity contribution in [3.8, 4) is 11.5 Å². The standard InChI is InChI=1S/C25H34N4O5/c30-24-19(13-18-14-22-23(34-17-33-22)15-21(18)27-24)16-29(8-4-7-28-9-11-32-12-10-28)25(31)26-20-5-2-1-3-6-20/h13-15,20H,1-12,16-17H2,(H,26,31)(H,27,30). The third-order valence-electron chi connectivity index (χ3n) is 7.00. The van der Waals surface area contributed by atoms with Gasteiger partial charge in [0.25, 0.3) is 5.56 Å². The Bertz CT molecular complexity index is 1060. The van der Waals surface area contributed by atoms with Crippen molar-refractivity contribution < 1.29 is 19.0 Å². The number of hydrogen-bond acceptors (Lipinski definition) is 6. The first kappa shape index (κ1) is 23.0. The van der Waals surface area contributed by atoms with Gasteiger partial charge < -0.3 is 29.4 Å². The van der Waals surface area contributed by atoms with E-state index in [1.807, 2.05) is 12.1 Å². The molecule has 3 heterocycles. The molecule has 9 nitrogen and oxygen atoms in total. The van der Waals surface area contributed by atoms with Crippen molar-refractivity contribution in [2.24, 2.45) is 0 Å². The van der Waals surface area contributed by atoms with Gasteiger partial charge in [-0.2, -0.15) is 0 Å². The molecule has 5 rings (SSSR count). The maximum atomic E-state index is 13.3. The monoisotopic (exact) mass is 470 g/mol. The number of rotatable bonds is 7. The van der Waals surface area contributed by atoms with Crippen LogP contribution in [0, 0.1) is 0 Å². The number of pyridine rings is 1. The average molecular weight is 471 g/mol. The van der Waals surface area contributed by atoms with Gasteiger partial charge in [0, 0.05) is 49.2 Å². The third kappa shape index (κ3) is 5.47. The number of ether oxygens (including phenoxy) is 3. The van der Waals surface area contributed by atoms with Crippen molar-refractivity contribution in [2.75, 3.05) is 46.2 Å². The van der Waals surface area contributed by atoms with Crippen LogP contribution < -0.4 is 20.3 Å². The zero-order valence-corrected chi connectivity index (χ0v) is 19.6. The van der Waals surface area contributed by atoms with Crippen LogP contribution in [0.5, 0.6) is 11.5 Å². The second-order valence-corrected chi connectivity index (χ2v) is 9.43. The number of amides is 2. The van der Waals surface area contributed by atoms with E-state index >= 15 is 0 Å². The summed E-state index contributed by atoms with van der Waals surface area (Å²) in [5.41, 5.74) is 1.08. The number of aromatic amines is 1. The number of benzene rings is 1. The van der Waals surface area contributed by atoms with E-state index < -0.39 is 0 Å². The highest BCUT2D eigenvalue weighted by Gasteiger charge is 2.22. The Labute approximate surface area is 199 Å². The molecule has 1 aromatic heterocycles. The quantitative estimate of drug-likeness (QED) is 0.646. The van der Waals surface area contributed by atoms with Gasteiger partial charge in [0.05, 0.1) is 25.3 Å². The van der Waals surface area contributed by atoms with Crippen LogP contribution in [0.2, 0.25) is 0 Å². The smallest absolute Gasteiger partial charge is 0.317 e. The van der Waals surface area contributed by atoms with Crippen LogP contribution in [0.3, 0.4) is 0 Å². The molecule has 2 amide bonds. The molecule has 0 bridgehead atoms. The fraction of sp³-hybridized carbons (Fsp3) is 0.600. The summed E-state index contributed by atoms with van der Waals surface area (Å²) in [6.07, 6.45) is 6.45. The van der Waals surface area contributed by atoms with Crippen LogP contribution in [0.4, 0.5) is 4.79 Å².